The normalized spacial score (nSPS) is 19.8. The molecule has 2 fully saturated rings. The van der Waals surface area contributed by atoms with Gasteiger partial charge in [0.05, 0.1) is 74.5 Å². The van der Waals surface area contributed by atoms with Crippen molar-refractivity contribution >= 4 is 78.2 Å². The second kappa shape index (κ2) is 23.2. The number of carboxylic acids is 1. The van der Waals surface area contributed by atoms with Crippen LogP contribution in [0, 0.1) is 0 Å². The van der Waals surface area contributed by atoms with E-state index in [1.807, 2.05) is 63.0 Å². The largest absolute Gasteiger partial charge is 0.478 e. The van der Waals surface area contributed by atoms with Gasteiger partial charge >= 0.3 is 12.0 Å². The number of rotatable bonds is 24. The Bertz CT molecular complexity index is 3290. The molecule has 8 rings (SSSR count). The van der Waals surface area contributed by atoms with Crippen molar-refractivity contribution in [1.82, 2.24) is 25.8 Å². The van der Waals surface area contributed by atoms with Crippen LogP contribution in [0.5, 0.6) is 11.5 Å². The Morgan fingerprint density at radius 3 is 2.12 bits per heavy atom. The predicted octanol–water partition coefficient (Wildman–Crippen LogP) is 3.04. The molecule has 0 bridgehead atoms. The lowest BCUT2D eigenvalue weighted by Crippen LogP contribution is -2.47. The fraction of sp³-hybridized carbons (Fsp3) is 0.491. The lowest BCUT2D eigenvalue weighted by Gasteiger charge is -2.41. The second-order valence-corrected chi connectivity index (χ2v) is 25.0. The molecule has 77 heavy (non-hydrogen) atoms. The highest BCUT2D eigenvalue weighted by molar-refractivity contribution is 8.00. The molecule has 21 nitrogen and oxygen atoms in total. The number of hydrogen-bond donors (Lipinski definition) is 7. The second-order valence-electron chi connectivity index (χ2n) is 20.8. The molecule has 416 valence electrons. The highest BCUT2D eigenvalue weighted by Crippen LogP contribution is 2.47. The molecule has 3 aromatic carbocycles. The number of likely N-dealkylation sites (N-methyl/N-ethyl adjacent to an activating group) is 2. The van der Waals surface area contributed by atoms with Crippen LogP contribution in [-0.2, 0) is 39.2 Å². The molecular formula is C53H67N6O15S3+. The molecule has 0 aliphatic carbocycles. The van der Waals surface area contributed by atoms with Crippen molar-refractivity contribution in [1.29, 1.82) is 0 Å². The van der Waals surface area contributed by atoms with Crippen LogP contribution in [0.25, 0.3) is 16.7 Å². The molecular weight excluding hydrogens is 1060 g/mol. The fourth-order valence-corrected chi connectivity index (χ4v) is 13.2. The molecule has 24 heteroatoms. The summed E-state index contributed by atoms with van der Waals surface area (Å²) in [6, 6.07) is 11.3. The van der Waals surface area contributed by atoms with Crippen LogP contribution in [0.1, 0.15) is 96.3 Å². The number of nitrogens with zero attached hydrogens (tertiary/aromatic N) is 2. The Morgan fingerprint density at radius 2 is 1.45 bits per heavy atom. The zero-order chi connectivity index (χ0) is 55.6. The van der Waals surface area contributed by atoms with Crippen molar-refractivity contribution in [2.24, 2.45) is 0 Å². The average Bonchev–Trinajstić information content (AvgIpc) is 3.98. The monoisotopic (exact) mass is 1120 g/mol. The predicted molar refractivity (Wildman–Crippen MR) is 291 cm³/mol. The summed E-state index contributed by atoms with van der Waals surface area (Å²) < 4.78 is 95.2. The number of fused-ring (bicyclic) bond motifs is 5. The summed E-state index contributed by atoms with van der Waals surface area (Å²) in [6.07, 6.45) is 6.54. The van der Waals surface area contributed by atoms with E-state index in [1.165, 1.54) is 18.2 Å². The maximum atomic E-state index is 13.5. The van der Waals surface area contributed by atoms with Gasteiger partial charge in [-0.05, 0) is 73.7 Å². The molecule has 5 aliphatic heterocycles. The van der Waals surface area contributed by atoms with E-state index in [9.17, 15) is 50.2 Å². The molecule has 0 radical (unpaired) electrons. The van der Waals surface area contributed by atoms with E-state index in [0.29, 0.717) is 99.2 Å². The van der Waals surface area contributed by atoms with Crippen LogP contribution in [-0.4, -0.2) is 167 Å². The van der Waals surface area contributed by atoms with Gasteiger partial charge in [-0.25, -0.2) is 14.2 Å². The number of urea groups is 1. The van der Waals surface area contributed by atoms with Gasteiger partial charge in [-0.15, -0.1) is 0 Å². The van der Waals surface area contributed by atoms with Gasteiger partial charge in [0, 0.05) is 90.6 Å². The van der Waals surface area contributed by atoms with Crippen molar-refractivity contribution in [3.05, 3.63) is 98.6 Å². The molecule has 4 amide bonds. The van der Waals surface area contributed by atoms with E-state index in [-0.39, 0.29) is 67.1 Å². The van der Waals surface area contributed by atoms with Crippen molar-refractivity contribution < 1.29 is 69.2 Å². The summed E-state index contributed by atoms with van der Waals surface area (Å²) in [6.45, 7) is 9.61. The summed E-state index contributed by atoms with van der Waals surface area (Å²) >= 11 is 1.86. The van der Waals surface area contributed by atoms with Gasteiger partial charge in [-0.1, -0.05) is 18.6 Å². The Kier molecular flexibility index (Phi) is 17.3. The van der Waals surface area contributed by atoms with Gasteiger partial charge < -0.3 is 50.2 Å². The van der Waals surface area contributed by atoms with Crippen LogP contribution in [0.2, 0.25) is 0 Å². The van der Waals surface area contributed by atoms with Crippen LogP contribution in [0.4, 0.5) is 10.5 Å². The molecule has 5 heterocycles. The van der Waals surface area contributed by atoms with Crippen molar-refractivity contribution in [2.75, 3.05) is 89.0 Å². The number of aromatic carboxylic acids is 1. The minimum absolute atomic E-state index is 0.0290. The first-order chi connectivity index (χ1) is 36.3. The van der Waals surface area contributed by atoms with E-state index < -0.39 is 54.7 Å². The average molecular weight is 1120 g/mol. The van der Waals surface area contributed by atoms with E-state index in [2.05, 4.69) is 21.3 Å². The molecule has 0 unspecified atom stereocenters. The first kappa shape index (κ1) is 57.3. The smallest absolute Gasteiger partial charge is 0.336 e. The summed E-state index contributed by atoms with van der Waals surface area (Å²) in [4.78, 5) is 52.6. The maximum Gasteiger partial charge on any atom is 0.336 e. The van der Waals surface area contributed by atoms with Gasteiger partial charge in [-0.2, -0.15) is 28.6 Å². The molecule has 7 N–H and O–H groups in total. The number of carbonyl (C=O) groups excluding carboxylic acids is 3. The summed E-state index contributed by atoms with van der Waals surface area (Å²) in [7, 11) is -5.40. The number of benzene rings is 3. The van der Waals surface area contributed by atoms with E-state index in [0.717, 1.165) is 25.0 Å². The molecule has 0 aromatic heterocycles. The number of carbonyl (C=O) groups is 4. The maximum absolute atomic E-state index is 13.5. The Labute approximate surface area is 452 Å². The minimum atomic E-state index is -4.53. The zero-order valence-electron chi connectivity index (χ0n) is 43.9. The molecule has 5 aliphatic rings. The topological polar surface area (TPSA) is 289 Å². The Morgan fingerprint density at radius 1 is 0.805 bits per heavy atom. The molecule has 3 atom stereocenters. The quantitative estimate of drug-likeness (QED) is 0.0230. The first-order valence-corrected chi connectivity index (χ1v) is 29.7. The molecule has 2 saturated heterocycles. The first-order valence-electron chi connectivity index (χ1n) is 25.4. The number of ether oxygens (including phenoxy) is 4. The highest BCUT2D eigenvalue weighted by Gasteiger charge is 2.43. The highest BCUT2D eigenvalue weighted by atomic mass is 32.2. The lowest BCUT2D eigenvalue weighted by atomic mass is 9.83. The summed E-state index contributed by atoms with van der Waals surface area (Å²) in [5.74, 6) is -1.90. The number of hydrogen-bond acceptors (Lipinski definition) is 14. The van der Waals surface area contributed by atoms with Crippen molar-refractivity contribution in [3.8, 4) is 11.5 Å². The number of unbranched alkanes of at least 4 members (excludes halogenated alkanes) is 1. The number of nitrogens with one attached hydrogen (secondary N) is 4. The Hall–Kier alpha value is -5.86. The van der Waals surface area contributed by atoms with Crippen molar-refractivity contribution in [2.45, 2.75) is 81.8 Å². The number of amides is 4. The van der Waals surface area contributed by atoms with Crippen molar-refractivity contribution in [3.63, 3.8) is 0 Å². The molecule has 3 aromatic rings. The van der Waals surface area contributed by atoms with Crippen LogP contribution in [0.15, 0.2) is 54.6 Å². The van der Waals surface area contributed by atoms with Gasteiger partial charge in [-0.3, -0.25) is 18.7 Å². The van der Waals surface area contributed by atoms with Gasteiger partial charge in [0.15, 0.2) is 5.54 Å². The third-order valence-electron chi connectivity index (χ3n) is 14.5. The van der Waals surface area contributed by atoms with Gasteiger partial charge in [0.1, 0.15) is 30.1 Å². The Balaban J connectivity index is 0.904. The van der Waals surface area contributed by atoms with E-state index in [1.54, 1.807) is 36.4 Å². The summed E-state index contributed by atoms with van der Waals surface area (Å²) in [5, 5.41) is 23.7. The SMILES string of the molecule is CN1c2cc3c(cc2C(CS(=O)(=O)O)=CC1(C)C)C(c1ccc(C(=O)NCCOCCOCCOCCNC(=O)CCCC[C@H]2SC[C@@H]4NC(=O)N[C@@H]42)cc1C(=O)O)=c1cc2c(cc1O3)=[N+](C)C(C)(C)C=C2CS(=O)(=O)O. The molecule has 0 spiro atoms. The zero-order valence-corrected chi connectivity index (χ0v) is 46.3. The standard InChI is InChI=1S/C53H66N6O15S3/c1-52(2)26-32(29-76(65,66)67)35-22-38-43(24-41(35)58(52)5)74-44-25-42-36(33(30-77(68,69)70)27-53(3,4)59(42)6)23-39(44)47(38)34-12-11-31(21-37(34)50(62)63)49(61)55-14-16-72-18-20-73-19-17-71-15-13-54-46(60)10-8-7-9-45-48-40(28-75-45)56-51(64)57-48/h11-12,21-27,40,45,48H,7-10,13-20,28-30H2,1-6H3,(H6-,54,55,56,57,60,61,62,63,64,65,66,67,68,69,70)/p+1/t40-,45+,48-/m0/s1. The fourth-order valence-electron chi connectivity index (χ4n) is 10.4. The minimum Gasteiger partial charge on any atom is -0.478 e. The summed E-state index contributed by atoms with van der Waals surface area (Å²) in [5.41, 5.74) is 1.20. The van der Waals surface area contributed by atoms with Crippen LogP contribution < -0.4 is 46.1 Å². The number of carboxylic acid groups (broad SMARTS) is 1. The van der Waals surface area contributed by atoms with E-state index >= 15 is 0 Å². The lowest BCUT2D eigenvalue weighted by molar-refractivity contribution is -0.121. The number of anilines is 1. The van der Waals surface area contributed by atoms with Gasteiger partial charge in [0.2, 0.25) is 11.3 Å². The van der Waals surface area contributed by atoms with E-state index in [4.69, 9.17) is 18.9 Å². The van der Waals surface area contributed by atoms with Crippen LogP contribution >= 0.6 is 11.8 Å². The molecule has 0 saturated carbocycles. The van der Waals surface area contributed by atoms with Crippen LogP contribution in [0.3, 0.4) is 0 Å². The van der Waals surface area contributed by atoms with Gasteiger partial charge in [0.25, 0.3) is 26.1 Å². The third kappa shape index (κ3) is 13.5. The number of thioether (sulfide) groups is 1. The third-order valence-corrected chi connectivity index (χ3v) is 17.4.